The first kappa shape index (κ1) is 17.7. The third-order valence-electron chi connectivity index (χ3n) is 5.53. The summed E-state index contributed by atoms with van der Waals surface area (Å²) in [6.45, 7) is 4.53. The molecule has 0 unspecified atom stereocenters. The molecular weight excluding hydrogens is 400 g/mol. The summed E-state index contributed by atoms with van der Waals surface area (Å²) in [5.74, 6) is 3.17. The highest BCUT2D eigenvalue weighted by Gasteiger charge is 2.26. The van der Waals surface area contributed by atoms with Crippen LogP contribution >= 0.6 is 11.3 Å². The minimum atomic E-state index is -0.0900. The Bertz CT molecular complexity index is 1280. The summed E-state index contributed by atoms with van der Waals surface area (Å²) in [7, 11) is 0. The van der Waals surface area contributed by atoms with Crippen molar-refractivity contribution in [2.75, 3.05) is 6.79 Å². The molecule has 0 N–H and O–H groups in total. The number of hydrogen-bond donors (Lipinski definition) is 0. The van der Waals surface area contributed by atoms with Crippen LogP contribution in [0.2, 0.25) is 0 Å². The van der Waals surface area contributed by atoms with Crippen LogP contribution in [-0.4, -0.2) is 32.2 Å². The fourth-order valence-corrected chi connectivity index (χ4v) is 4.81. The van der Waals surface area contributed by atoms with Gasteiger partial charge in [-0.2, -0.15) is 9.61 Å². The Hall–Kier alpha value is -3.13. The largest absolute Gasteiger partial charge is 0.488 e. The molecule has 0 spiro atoms. The Morgan fingerprint density at radius 1 is 1.03 bits per heavy atom. The lowest BCUT2D eigenvalue weighted by Crippen LogP contribution is -2.32. The number of aromatic nitrogens is 4. The van der Waals surface area contributed by atoms with Gasteiger partial charge in [0.05, 0.1) is 0 Å². The van der Waals surface area contributed by atoms with E-state index in [2.05, 4.69) is 42.2 Å². The van der Waals surface area contributed by atoms with Crippen LogP contribution in [0.1, 0.15) is 36.4 Å². The Balaban J connectivity index is 1.29. The van der Waals surface area contributed by atoms with E-state index < -0.39 is 0 Å². The van der Waals surface area contributed by atoms with Gasteiger partial charge in [0.15, 0.2) is 17.3 Å². The summed E-state index contributed by atoms with van der Waals surface area (Å²) in [6, 6.07) is 12.2. The molecule has 2 aromatic heterocycles. The van der Waals surface area contributed by atoms with E-state index in [4.69, 9.17) is 19.3 Å². The predicted molar refractivity (Wildman–Crippen MR) is 112 cm³/mol. The summed E-state index contributed by atoms with van der Waals surface area (Å²) >= 11 is 1.56. The smallest absolute Gasteiger partial charge is 0.234 e. The highest BCUT2D eigenvalue weighted by Crippen LogP contribution is 2.36. The number of nitrogens with zero attached hydrogens (tertiary/aromatic N) is 4. The molecule has 4 aromatic rings. The van der Waals surface area contributed by atoms with Gasteiger partial charge in [-0.15, -0.1) is 10.2 Å². The molecule has 0 saturated heterocycles. The van der Waals surface area contributed by atoms with Gasteiger partial charge in [0.1, 0.15) is 16.4 Å². The molecule has 0 atom stereocenters. The molecule has 0 amide bonds. The van der Waals surface area contributed by atoms with Gasteiger partial charge in [-0.1, -0.05) is 23.5 Å². The second-order valence-electron chi connectivity index (χ2n) is 8.26. The SMILES string of the molecule is CC1(C)CCc2cc(Cc3nn4c(-c5ccc6c(c5)OCO6)nnc4s3)ccc2O1. The van der Waals surface area contributed by atoms with Crippen molar-refractivity contribution in [1.82, 2.24) is 19.8 Å². The zero-order chi connectivity index (χ0) is 20.3. The number of ether oxygens (including phenoxy) is 3. The van der Waals surface area contributed by atoms with E-state index in [-0.39, 0.29) is 12.4 Å². The zero-order valence-corrected chi connectivity index (χ0v) is 17.5. The fraction of sp³-hybridized carbons (Fsp3) is 0.318. The Morgan fingerprint density at radius 3 is 2.83 bits per heavy atom. The van der Waals surface area contributed by atoms with E-state index >= 15 is 0 Å². The second-order valence-corrected chi connectivity index (χ2v) is 9.30. The summed E-state index contributed by atoms with van der Waals surface area (Å²) in [5, 5.41) is 14.4. The van der Waals surface area contributed by atoms with E-state index in [1.165, 1.54) is 11.1 Å². The molecule has 8 heteroatoms. The molecule has 0 aliphatic carbocycles. The van der Waals surface area contributed by atoms with Crippen molar-refractivity contribution < 1.29 is 14.2 Å². The molecule has 7 nitrogen and oxygen atoms in total. The standard InChI is InChI=1S/C22H20N4O3S/c1-22(2)8-7-14-9-13(3-5-16(14)29-22)10-19-25-26-20(23-24-21(26)30-19)15-4-6-17-18(11-15)28-12-27-17/h3-6,9,11H,7-8,10,12H2,1-2H3. The van der Waals surface area contributed by atoms with Gasteiger partial charge in [0.25, 0.3) is 0 Å². The highest BCUT2D eigenvalue weighted by atomic mass is 32.1. The minimum absolute atomic E-state index is 0.0900. The number of fused-ring (bicyclic) bond motifs is 3. The van der Waals surface area contributed by atoms with E-state index in [1.807, 2.05) is 22.7 Å². The molecule has 2 aliphatic heterocycles. The van der Waals surface area contributed by atoms with Gasteiger partial charge in [0, 0.05) is 12.0 Å². The van der Waals surface area contributed by atoms with Gasteiger partial charge >= 0.3 is 0 Å². The highest BCUT2D eigenvalue weighted by molar-refractivity contribution is 7.16. The maximum absolute atomic E-state index is 6.10. The first-order valence-corrected chi connectivity index (χ1v) is 10.8. The molecule has 0 bridgehead atoms. The molecule has 152 valence electrons. The molecule has 0 saturated carbocycles. The Kier molecular flexibility index (Phi) is 3.80. The van der Waals surface area contributed by atoms with Crippen molar-refractivity contribution in [3.05, 3.63) is 52.5 Å². The quantitative estimate of drug-likeness (QED) is 0.493. The fourth-order valence-electron chi connectivity index (χ4n) is 3.94. The predicted octanol–water partition coefficient (Wildman–Crippen LogP) is 4.28. The Labute approximate surface area is 177 Å². The van der Waals surface area contributed by atoms with Crippen LogP contribution < -0.4 is 14.2 Å². The molecule has 0 fully saturated rings. The van der Waals surface area contributed by atoms with Crippen LogP contribution in [-0.2, 0) is 12.8 Å². The van der Waals surface area contributed by atoms with Gasteiger partial charge in [-0.05, 0) is 62.1 Å². The molecule has 2 aromatic carbocycles. The third-order valence-corrected chi connectivity index (χ3v) is 6.43. The van der Waals surface area contributed by atoms with E-state index in [1.54, 1.807) is 11.3 Å². The first-order valence-electron chi connectivity index (χ1n) is 9.96. The summed E-state index contributed by atoms with van der Waals surface area (Å²) in [5.41, 5.74) is 3.31. The molecule has 6 rings (SSSR count). The maximum Gasteiger partial charge on any atom is 0.234 e. The average molecular weight is 420 g/mol. The van der Waals surface area contributed by atoms with Crippen LogP contribution in [0.5, 0.6) is 17.2 Å². The molecular formula is C22H20N4O3S. The van der Waals surface area contributed by atoms with Gasteiger partial charge in [0.2, 0.25) is 11.8 Å². The van der Waals surface area contributed by atoms with Crippen LogP contribution in [0.15, 0.2) is 36.4 Å². The number of rotatable bonds is 3. The van der Waals surface area contributed by atoms with Crippen LogP contribution in [0.4, 0.5) is 0 Å². The Morgan fingerprint density at radius 2 is 1.90 bits per heavy atom. The molecule has 30 heavy (non-hydrogen) atoms. The van der Waals surface area contributed by atoms with Crippen molar-refractivity contribution >= 4 is 16.3 Å². The van der Waals surface area contributed by atoms with Crippen LogP contribution in [0, 0.1) is 0 Å². The number of hydrogen-bond acceptors (Lipinski definition) is 7. The van der Waals surface area contributed by atoms with E-state index in [0.29, 0.717) is 5.82 Å². The summed E-state index contributed by atoms with van der Waals surface area (Å²) in [4.78, 5) is 0.778. The summed E-state index contributed by atoms with van der Waals surface area (Å²) in [6.07, 6.45) is 2.82. The van der Waals surface area contributed by atoms with Gasteiger partial charge < -0.3 is 14.2 Å². The third kappa shape index (κ3) is 2.99. The first-order chi connectivity index (χ1) is 14.5. The van der Waals surface area contributed by atoms with Crippen molar-refractivity contribution in [3.63, 3.8) is 0 Å². The van der Waals surface area contributed by atoms with Crippen molar-refractivity contribution in [3.8, 4) is 28.6 Å². The molecule has 0 radical (unpaired) electrons. The van der Waals surface area contributed by atoms with Crippen LogP contribution in [0.3, 0.4) is 0 Å². The topological polar surface area (TPSA) is 70.8 Å². The van der Waals surface area contributed by atoms with E-state index in [9.17, 15) is 0 Å². The van der Waals surface area contributed by atoms with E-state index in [0.717, 1.165) is 52.0 Å². The maximum atomic E-state index is 6.10. The van der Waals surface area contributed by atoms with Crippen molar-refractivity contribution in [1.29, 1.82) is 0 Å². The lowest BCUT2D eigenvalue weighted by atomic mass is 9.93. The monoisotopic (exact) mass is 420 g/mol. The number of aryl methyl sites for hydroxylation is 1. The normalized spacial score (nSPS) is 16.5. The second kappa shape index (κ2) is 6.43. The molecule has 4 heterocycles. The lowest BCUT2D eigenvalue weighted by molar-refractivity contribution is 0.0846. The average Bonchev–Trinajstić information content (AvgIpc) is 3.42. The van der Waals surface area contributed by atoms with Gasteiger partial charge in [-0.3, -0.25) is 0 Å². The van der Waals surface area contributed by atoms with Crippen molar-refractivity contribution in [2.24, 2.45) is 0 Å². The minimum Gasteiger partial charge on any atom is -0.488 e. The van der Waals surface area contributed by atoms with Gasteiger partial charge in [-0.25, -0.2) is 0 Å². The molecule has 2 aliphatic rings. The summed E-state index contributed by atoms with van der Waals surface area (Å²) < 4.78 is 18.8. The zero-order valence-electron chi connectivity index (χ0n) is 16.7. The lowest BCUT2D eigenvalue weighted by Gasteiger charge is -2.32. The van der Waals surface area contributed by atoms with Crippen molar-refractivity contribution in [2.45, 2.75) is 38.7 Å². The van der Waals surface area contributed by atoms with Crippen LogP contribution in [0.25, 0.3) is 16.3 Å². The number of benzene rings is 2.